The monoisotopic (exact) mass is 424 g/mol. The van der Waals surface area contributed by atoms with Gasteiger partial charge in [-0.3, -0.25) is 0 Å². The Labute approximate surface area is 192 Å². The number of hydrogen-bond acceptors (Lipinski definition) is 1. The van der Waals surface area contributed by atoms with E-state index in [1.54, 1.807) is 0 Å². The molecule has 3 aromatic rings. The van der Waals surface area contributed by atoms with Crippen LogP contribution in [0.3, 0.4) is 0 Å². The molecule has 0 nitrogen and oxygen atoms in total. The molecule has 0 N–H and O–H groups in total. The summed E-state index contributed by atoms with van der Waals surface area (Å²) in [5.41, 5.74) is 13.5. The van der Waals surface area contributed by atoms with Crippen molar-refractivity contribution in [2.45, 2.75) is 51.9 Å². The van der Waals surface area contributed by atoms with Crippen LogP contribution in [0.2, 0.25) is 0 Å². The summed E-state index contributed by atoms with van der Waals surface area (Å²) in [6, 6.07) is 18.1. The summed E-state index contributed by atoms with van der Waals surface area (Å²) < 4.78 is 0. The third kappa shape index (κ3) is 3.49. The van der Waals surface area contributed by atoms with Crippen LogP contribution in [0.5, 0.6) is 0 Å². The van der Waals surface area contributed by atoms with E-state index in [1.807, 2.05) is 11.8 Å². The number of hydrogen-bond donors (Lipinski definition) is 0. The lowest BCUT2D eigenvalue weighted by Crippen LogP contribution is -2.17. The fourth-order valence-corrected chi connectivity index (χ4v) is 6.41. The molecule has 0 amide bonds. The molecule has 4 rings (SSSR count). The second kappa shape index (κ2) is 8.20. The van der Waals surface area contributed by atoms with Crippen LogP contribution in [0.1, 0.15) is 55.5 Å². The molecule has 0 aliphatic heterocycles. The van der Waals surface area contributed by atoms with Gasteiger partial charge in [-0.15, -0.1) is 11.8 Å². The third-order valence-electron chi connectivity index (χ3n) is 6.64. The van der Waals surface area contributed by atoms with Gasteiger partial charge in [0.15, 0.2) is 0 Å². The largest absolute Gasteiger partial charge is 0.121 e. The molecule has 158 valence electrons. The second-order valence-corrected chi connectivity index (χ2v) is 10.2. The molecule has 0 saturated carbocycles. The predicted octanol–water partition coefficient (Wildman–Crippen LogP) is 8.98. The highest BCUT2D eigenvalue weighted by Crippen LogP contribution is 2.52. The lowest BCUT2D eigenvalue weighted by molar-refractivity contribution is 0.656. The fourth-order valence-electron chi connectivity index (χ4n) is 5.14. The molecular weight excluding hydrogens is 392 g/mol. The van der Waals surface area contributed by atoms with Crippen molar-refractivity contribution < 1.29 is 0 Å². The summed E-state index contributed by atoms with van der Waals surface area (Å²) in [5.74, 6) is 0.966. The van der Waals surface area contributed by atoms with Gasteiger partial charge >= 0.3 is 0 Å². The van der Waals surface area contributed by atoms with Gasteiger partial charge in [0.05, 0.1) is 0 Å². The fraction of sp³-hybridized carbons (Fsp3) is 0.267. The zero-order valence-electron chi connectivity index (χ0n) is 19.6. The molecule has 3 aromatic carbocycles. The number of fused-ring (bicyclic) bond motifs is 3. The zero-order valence-corrected chi connectivity index (χ0v) is 20.4. The topological polar surface area (TPSA) is 0 Å². The Morgan fingerprint density at radius 1 is 0.968 bits per heavy atom. The maximum absolute atomic E-state index is 4.28. The van der Waals surface area contributed by atoms with Gasteiger partial charge in [0.2, 0.25) is 0 Å². The minimum Gasteiger partial charge on any atom is -0.121 e. The van der Waals surface area contributed by atoms with Gasteiger partial charge in [-0.25, -0.2) is 0 Å². The van der Waals surface area contributed by atoms with Gasteiger partial charge in [-0.05, 0) is 83.3 Å². The minimum absolute atomic E-state index is 0.00411. The number of allylic oxidation sites excluding steroid dienone is 2. The molecule has 0 saturated heterocycles. The lowest BCUT2D eigenvalue weighted by atomic mass is 9.78. The van der Waals surface area contributed by atoms with Gasteiger partial charge in [0.25, 0.3) is 0 Å². The van der Waals surface area contributed by atoms with Gasteiger partial charge < -0.3 is 0 Å². The van der Waals surface area contributed by atoms with E-state index in [1.165, 1.54) is 55.0 Å². The van der Waals surface area contributed by atoms with Gasteiger partial charge in [0.1, 0.15) is 0 Å². The quantitative estimate of drug-likeness (QED) is 0.291. The minimum atomic E-state index is 0.00411. The molecule has 0 atom stereocenters. The van der Waals surface area contributed by atoms with Gasteiger partial charge in [0, 0.05) is 16.1 Å². The maximum atomic E-state index is 4.28. The maximum Gasteiger partial charge on any atom is 0.0231 e. The first-order valence-corrected chi connectivity index (χ1v) is 12.0. The van der Waals surface area contributed by atoms with E-state index in [0.29, 0.717) is 0 Å². The number of rotatable bonds is 5. The van der Waals surface area contributed by atoms with Crippen molar-refractivity contribution in [3.8, 4) is 22.3 Å². The highest BCUT2D eigenvalue weighted by Gasteiger charge is 2.37. The van der Waals surface area contributed by atoms with Crippen LogP contribution in [0.25, 0.3) is 27.8 Å². The molecule has 0 unspecified atom stereocenters. The average molecular weight is 425 g/mol. The van der Waals surface area contributed by atoms with Gasteiger partial charge in [-0.2, -0.15) is 0 Å². The van der Waals surface area contributed by atoms with Crippen LogP contribution >= 0.6 is 11.8 Å². The third-order valence-corrected chi connectivity index (χ3v) is 7.71. The number of aryl methyl sites for hydroxylation is 1. The SMILES string of the molecule is C=C(C)c1ccc(C)c(-c2ccc3c(c2C)C(C)(C)c2ccccc2-3)c1SC/C=C\C. The van der Waals surface area contributed by atoms with Crippen molar-refractivity contribution in [3.63, 3.8) is 0 Å². The normalized spacial score (nSPS) is 14.0. The summed E-state index contributed by atoms with van der Waals surface area (Å²) in [6.45, 7) is 17.8. The summed E-state index contributed by atoms with van der Waals surface area (Å²) in [4.78, 5) is 1.35. The first-order valence-electron chi connectivity index (χ1n) is 11.1. The highest BCUT2D eigenvalue weighted by molar-refractivity contribution is 7.99. The van der Waals surface area contributed by atoms with Crippen molar-refractivity contribution in [2.75, 3.05) is 5.75 Å². The Kier molecular flexibility index (Phi) is 5.75. The Bertz CT molecular complexity index is 1210. The van der Waals surface area contributed by atoms with E-state index in [-0.39, 0.29) is 5.41 Å². The van der Waals surface area contributed by atoms with Crippen molar-refractivity contribution in [1.29, 1.82) is 0 Å². The smallest absolute Gasteiger partial charge is 0.0231 e. The molecule has 0 fully saturated rings. The summed E-state index contributed by atoms with van der Waals surface area (Å²) >= 11 is 1.92. The number of benzene rings is 3. The molecule has 1 aliphatic rings. The Hall–Kier alpha value is -2.51. The number of thioether (sulfide) groups is 1. The molecule has 0 radical (unpaired) electrons. The average Bonchev–Trinajstić information content (AvgIpc) is 2.97. The first kappa shape index (κ1) is 21.7. The van der Waals surface area contributed by atoms with Gasteiger partial charge in [-0.1, -0.05) is 81.1 Å². The van der Waals surface area contributed by atoms with Crippen molar-refractivity contribution in [3.05, 3.63) is 95.1 Å². The Morgan fingerprint density at radius 2 is 1.68 bits per heavy atom. The van der Waals surface area contributed by atoms with E-state index in [0.717, 1.165) is 11.3 Å². The zero-order chi connectivity index (χ0) is 22.3. The van der Waals surface area contributed by atoms with E-state index < -0.39 is 0 Å². The van der Waals surface area contributed by atoms with Crippen molar-refractivity contribution in [2.24, 2.45) is 0 Å². The first-order chi connectivity index (χ1) is 14.8. The van der Waals surface area contributed by atoms with Crippen LogP contribution in [0.4, 0.5) is 0 Å². The molecule has 0 heterocycles. The summed E-state index contributed by atoms with van der Waals surface area (Å²) in [7, 11) is 0. The molecule has 0 spiro atoms. The molecule has 0 aromatic heterocycles. The Morgan fingerprint density at radius 3 is 2.39 bits per heavy atom. The summed E-state index contributed by atoms with van der Waals surface area (Å²) in [6.07, 6.45) is 4.36. The molecule has 31 heavy (non-hydrogen) atoms. The molecular formula is C30H32S. The summed E-state index contributed by atoms with van der Waals surface area (Å²) in [5, 5.41) is 0. The van der Waals surface area contributed by atoms with E-state index in [9.17, 15) is 0 Å². The van der Waals surface area contributed by atoms with Crippen LogP contribution in [0, 0.1) is 13.8 Å². The van der Waals surface area contributed by atoms with Crippen molar-refractivity contribution in [1.82, 2.24) is 0 Å². The lowest BCUT2D eigenvalue weighted by Gasteiger charge is -2.26. The molecule has 0 bridgehead atoms. The predicted molar refractivity (Wildman–Crippen MR) is 139 cm³/mol. The standard InChI is InChI=1S/C30H32S/c1-8-9-18-31-29-22(19(2)3)15-14-20(4)27(29)23-16-17-25-24-12-10-11-13-26(24)30(6,7)28(25)21(23)5/h8-17H,2,18H2,1,3-7H3/b9-8-. The van der Waals surface area contributed by atoms with Crippen LogP contribution in [0.15, 0.2) is 72.2 Å². The van der Waals surface area contributed by atoms with Crippen molar-refractivity contribution >= 4 is 17.3 Å². The van der Waals surface area contributed by atoms with E-state index in [2.05, 4.69) is 109 Å². The van der Waals surface area contributed by atoms with E-state index >= 15 is 0 Å². The van der Waals surface area contributed by atoms with E-state index in [4.69, 9.17) is 0 Å². The van der Waals surface area contributed by atoms with Crippen LogP contribution in [-0.4, -0.2) is 5.75 Å². The molecule has 1 aliphatic carbocycles. The highest BCUT2D eigenvalue weighted by atomic mass is 32.2. The van der Waals surface area contributed by atoms with Crippen LogP contribution in [-0.2, 0) is 5.41 Å². The van der Waals surface area contributed by atoms with Crippen LogP contribution < -0.4 is 0 Å². The second-order valence-electron chi connectivity index (χ2n) is 9.13. The molecule has 1 heteroatoms. The Balaban J connectivity index is 1.98.